The molecule has 2 atom stereocenters. The van der Waals surface area contributed by atoms with Crippen LogP contribution >= 0.6 is 0 Å². The minimum atomic E-state index is -1.34. The Morgan fingerprint density at radius 1 is 1.20 bits per heavy atom. The molecule has 9 nitrogen and oxygen atoms in total. The first-order chi connectivity index (χ1) is 16.6. The number of urea groups is 1. The van der Waals surface area contributed by atoms with Gasteiger partial charge in [-0.1, -0.05) is 25.7 Å². The number of alkyl halides is 1. The summed E-state index contributed by atoms with van der Waals surface area (Å²) in [5, 5.41) is 9.95. The molecular formula is C24H33FN4O5Si. The monoisotopic (exact) mass is 504 g/mol. The number of hydrogen-bond donors (Lipinski definition) is 1. The number of anilines is 1. The van der Waals surface area contributed by atoms with E-state index < -0.39 is 32.4 Å². The number of carboxylic acid groups (broad SMARTS) is 1. The topological polar surface area (TPSA) is 95.3 Å². The number of carbonyl (C=O) groups is 3. The minimum Gasteiger partial charge on any atom is -0.465 e. The van der Waals surface area contributed by atoms with E-state index in [9.17, 15) is 23.9 Å². The van der Waals surface area contributed by atoms with E-state index in [4.69, 9.17) is 4.74 Å². The van der Waals surface area contributed by atoms with E-state index in [-0.39, 0.29) is 38.7 Å². The molecule has 190 valence electrons. The largest absolute Gasteiger partial charge is 0.465 e. The van der Waals surface area contributed by atoms with Crippen LogP contribution in [0.4, 0.5) is 19.7 Å². The molecule has 2 fully saturated rings. The number of carbonyl (C=O) groups excluding carboxylic acids is 2. The summed E-state index contributed by atoms with van der Waals surface area (Å²) in [5.41, 5.74) is 1.42. The Bertz CT molecular complexity index is 1120. The SMILES string of the molecule is C[Si](C)(C)CCOCN1C(=O)CCN(c2cccc3c2ccn3[C@@H]2CCN(C(=O)O)C[C@H]2F)C1=O. The van der Waals surface area contributed by atoms with Crippen LogP contribution in [0, 0.1) is 0 Å². The highest BCUT2D eigenvalue weighted by molar-refractivity contribution is 6.76. The Balaban J connectivity index is 1.53. The number of amides is 4. The number of imide groups is 1. The first-order valence-electron chi connectivity index (χ1n) is 12.0. The summed E-state index contributed by atoms with van der Waals surface area (Å²) in [6.07, 6.45) is -0.102. The van der Waals surface area contributed by atoms with Crippen LogP contribution in [-0.4, -0.2) is 84.7 Å². The first-order valence-corrected chi connectivity index (χ1v) is 15.7. The predicted octanol–water partition coefficient (Wildman–Crippen LogP) is 4.38. The summed E-state index contributed by atoms with van der Waals surface area (Å²) in [5.74, 6) is -0.255. The molecule has 0 spiro atoms. The minimum absolute atomic E-state index is 0.0681. The van der Waals surface area contributed by atoms with Crippen LogP contribution in [0.2, 0.25) is 25.7 Å². The molecule has 0 radical (unpaired) electrons. The van der Waals surface area contributed by atoms with Gasteiger partial charge in [0.2, 0.25) is 5.91 Å². The number of hydrogen-bond acceptors (Lipinski definition) is 4. The lowest BCUT2D eigenvalue weighted by atomic mass is 10.0. The van der Waals surface area contributed by atoms with Crippen LogP contribution in [0.3, 0.4) is 0 Å². The van der Waals surface area contributed by atoms with Crippen LogP contribution in [-0.2, 0) is 9.53 Å². The number of aromatic nitrogens is 1. The third-order valence-corrected chi connectivity index (χ3v) is 8.40. The zero-order valence-corrected chi connectivity index (χ0v) is 21.4. The van der Waals surface area contributed by atoms with Gasteiger partial charge in [-0.15, -0.1) is 0 Å². The Hall–Kier alpha value is -2.92. The van der Waals surface area contributed by atoms with Gasteiger partial charge in [0.15, 0.2) is 0 Å². The second-order valence-electron chi connectivity index (χ2n) is 10.4. The van der Waals surface area contributed by atoms with Gasteiger partial charge in [-0.25, -0.2) is 18.9 Å². The van der Waals surface area contributed by atoms with Crippen molar-refractivity contribution in [3.63, 3.8) is 0 Å². The number of fused-ring (bicyclic) bond motifs is 1. The number of piperidine rings is 1. The lowest BCUT2D eigenvalue weighted by molar-refractivity contribution is -0.133. The molecule has 0 aliphatic carbocycles. The van der Waals surface area contributed by atoms with E-state index in [2.05, 4.69) is 19.6 Å². The summed E-state index contributed by atoms with van der Waals surface area (Å²) >= 11 is 0. The van der Waals surface area contributed by atoms with Crippen molar-refractivity contribution < 1.29 is 28.6 Å². The van der Waals surface area contributed by atoms with E-state index in [1.807, 2.05) is 28.8 Å². The van der Waals surface area contributed by atoms with Gasteiger partial charge in [0.05, 0.1) is 23.8 Å². The van der Waals surface area contributed by atoms with E-state index in [0.717, 1.165) is 26.7 Å². The highest BCUT2D eigenvalue weighted by atomic mass is 28.3. The quantitative estimate of drug-likeness (QED) is 0.446. The first kappa shape index (κ1) is 25.2. The normalized spacial score (nSPS) is 21.8. The van der Waals surface area contributed by atoms with Crippen molar-refractivity contribution in [3.8, 4) is 0 Å². The van der Waals surface area contributed by atoms with Gasteiger partial charge < -0.3 is 19.3 Å². The fourth-order valence-corrected chi connectivity index (χ4v) is 5.41. The molecule has 4 amide bonds. The predicted molar refractivity (Wildman–Crippen MR) is 133 cm³/mol. The Morgan fingerprint density at radius 2 is 1.97 bits per heavy atom. The van der Waals surface area contributed by atoms with Gasteiger partial charge in [-0.3, -0.25) is 9.69 Å². The summed E-state index contributed by atoms with van der Waals surface area (Å²) < 4.78 is 22.5. The van der Waals surface area contributed by atoms with Crippen LogP contribution in [0.25, 0.3) is 10.9 Å². The molecule has 11 heteroatoms. The highest BCUT2D eigenvalue weighted by Gasteiger charge is 2.36. The molecule has 35 heavy (non-hydrogen) atoms. The molecule has 2 aliphatic rings. The van der Waals surface area contributed by atoms with Crippen LogP contribution in [0.15, 0.2) is 30.5 Å². The molecule has 0 saturated carbocycles. The maximum atomic E-state index is 14.9. The third-order valence-electron chi connectivity index (χ3n) is 6.69. The van der Waals surface area contributed by atoms with Crippen LogP contribution in [0.5, 0.6) is 0 Å². The summed E-state index contributed by atoms with van der Waals surface area (Å²) in [7, 11) is -1.29. The fourth-order valence-electron chi connectivity index (χ4n) is 4.65. The number of nitrogens with zero attached hydrogens (tertiary/aromatic N) is 4. The lowest BCUT2D eigenvalue weighted by Gasteiger charge is -2.35. The third kappa shape index (κ3) is 5.35. The average Bonchev–Trinajstić information content (AvgIpc) is 3.22. The van der Waals surface area contributed by atoms with E-state index >= 15 is 0 Å². The Kier molecular flexibility index (Phi) is 7.18. The maximum absolute atomic E-state index is 14.9. The van der Waals surface area contributed by atoms with Gasteiger partial charge >= 0.3 is 12.1 Å². The van der Waals surface area contributed by atoms with Gasteiger partial charge in [0, 0.05) is 45.8 Å². The van der Waals surface area contributed by atoms with E-state index in [0.29, 0.717) is 18.7 Å². The molecule has 1 aromatic carbocycles. The second kappa shape index (κ2) is 9.98. The average molecular weight is 505 g/mol. The van der Waals surface area contributed by atoms with Crippen molar-refractivity contribution in [2.24, 2.45) is 0 Å². The lowest BCUT2D eigenvalue weighted by Crippen LogP contribution is -2.53. The zero-order valence-electron chi connectivity index (χ0n) is 20.4. The smallest absolute Gasteiger partial charge is 0.407 e. The number of halogens is 1. The van der Waals surface area contributed by atoms with Gasteiger partial charge in [-0.05, 0) is 30.7 Å². The van der Waals surface area contributed by atoms with Crippen molar-refractivity contribution in [1.82, 2.24) is 14.4 Å². The van der Waals surface area contributed by atoms with Crippen molar-refractivity contribution in [1.29, 1.82) is 0 Å². The molecule has 2 aliphatic heterocycles. The molecule has 2 saturated heterocycles. The number of likely N-dealkylation sites (tertiary alicyclic amines) is 1. The number of benzene rings is 1. The Morgan fingerprint density at radius 3 is 2.66 bits per heavy atom. The summed E-state index contributed by atoms with van der Waals surface area (Å²) in [6, 6.07) is 7.38. The zero-order chi connectivity index (χ0) is 25.3. The van der Waals surface area contributed by atoms with E-state index in [1.165, 1.54) is 0 Å². The van der Waals surface area contributed by atoms with Gasteiger partial charge in [0.1, 0.15) is 12.9 Å². The van der Waals surface area contributed by atoms with Crippen molar-refractivity contribution in [3.05, 3.63) is 30.5 Å². The van der Waals surface area contributed by atoms with Crippen molar-refractivity contribution in [2.75, 3.05) is 37.9 Å². The maximum Gasteiger partial charge on any atom is 0.407 e. The molecule has 1 aromatic heterocycles. The standard InChI is InChI=1S/C24H33FN4O5Si/c1-35(2,3)14-13-34-16-29-22(30)9-12-28(23(29)31)20-6-4-5-19-17(20)7-11-27(19)21-8-10-26(24(32)33)15-18(21)25/h4-7,11,18,21H,8-10,12-16H2,1-3H3,(H,32,33)/t18-,21-/m1/s1. The molecule has 0 bridgehead atoms. The van der Waals surface area contributed by atoms with Crippen LogP contribution in [0.1, 0.15) is 18.9 Å². The molecule has 1 N–H and O–H groups in total. The molecule has 4 rings (SSSR count). The highest BCUT2D eigenvalue weighted by Crippen LogP contribution is 2.35. The van der Waals surface area contributed by atoms with E-state index in [1.54, 1.807) is 11.1 Å². The molecule has 2 aromatic rings. The molecular weight excluding hydrogens is 471 g/mol. The number of rotatable bonds is 7. The molecule has 0 unspecified atom stereocenters. The van der Waals surface area contributed by atoms with Crippen LogP contribution < -0.4 is 4.90 Å². The Labute approximate surface area is 205 Å². The van der Waals surface area contributed by atoms with Crippen molar-refractivity contribution >= 4 is 42.7 Å². The summed E-state index contributed by atoms with van der Waals surface area (Å²) in [4.78, 5) is 40.8. The number of ether oxygens (including phenoxy) is 1. The van der Waals surface area contributed by atoms with Gasteiger partial charge in [-0.2, -0.15) is 0 Å². The summed E-state index contributed by atoms with van der Waals surface area (Å²) in [6.45, 7) is 7.51. The van der Waals surface area contributed by atoms with Gasteiger partial charge in [0.25, 0.3) is 0 Å². The fraction of sp³-hybridized carbons (Fsp3) is 0.542. The molecule has 3 heterocycles. The van der Waals surface area contributed by atoms with Crippen molar-refractivity contribution in [2.45, 2.75) is 50.7 Å². The second-order valence-corrected chi connectivity index (χ2v) is 16.0.